The molecule has 0 atom stereocenters. The van der Waals surface area contributed by atoms with Gasteiger partial charge in [-0.25, -0.2) is 4.68 Å². The highest BCUT2D eigenvalue weighted by Crippen LogP contribution is 2.34. The largest absolute Gasteiger partial charge is 0.497 e. The van der Waals surface area contributed by atoms with Gasteiger partial charge in [0.1, 0.15) is 11.9 Å². The van der Waals surface area contributed by atoms with E-state index in [1.807, 2.05) is 0 Å². The molecule has 0 amide bonds. The molecule has 89 valence electrons. The van der Waals surface area contributed by atoms with Crippen molar-refractivity contribution in [2.24, 2.45) is 7.05 Å². The second kappa shape index (κ2) is 4.78. The van der Waals surface area contributed by atoms with Crippen molar-refractivity contribution in [2.75, 3.05) is 14.2 Å². The number of hydrogen-bond acceptors (Lipinski definition) is 4. The van der Waals surface area contributed by atoms with Crippen LogP contribution in [0.5, 0.6) is 23.1 Å². The van der Waals surface area contributed by atoms with Crippen LogP contribution in [0, 0.1) is 6.20 Å². The molecule has 0 saturated carbocycles. The average Bonchev–Trinajstić information content (AvgIpc) is 2.75. The lowest BCUT2D eigenvalue weighted by molar-refractivity contribution is 0.359. The normalized spacial score (nSPS) is 10.1. The van der Waals surface area contributed by atoms with Crippen LogP contribution in [0.25, 0.3) is 0 Å². The molecule has 2 rings (SSSR count). The first kappa shape index (κ1) is 11.3. The van der Waals surface area contributed by atoms with Crippen molar-refractivity contribution in [3.8, 4) is 23.1 Å². The quantitative estimate of drug-likeness (QED) is 0.810. The van der Waals surface area contributed by atoms with Crippen LogP contribution < -0.4 is 14.2 Å². The smallest absolute Gasteiger partial charge is 0.218 e. The van der Waals surface area contributed by atoms with E-state index in [4.69, 9.17) is 14.2 Å². The van der Waals surface area contributed by atoms with Gasteiger partial charge in [0, 0.05) is 19.2 Å². The minimum Gasteiger partial charge on any atom is -0.497 e. The van der Waals surface area contributed by atoms with Crippen molar-refractivity contribution in [2.45, 2.75) is 0 Å². The molecule has 1 radical (unpaired) electrons. The Bertz CT molecular complexity index is 508. The van der Waals surface area contributed by atoms with Crippen LogP contribution in [0.4, 0.5) is 0 Å². The molecule has 5 heteroatoms. The highest BCUT2D eigenvalue weighted by atomic mass is 16.5. The monoisotopic (exact) mass is 233 g/mol. The van der Waals surface area contributed by atoms with Gasteiger partial charge >= 0.3 is 0 Å². The van der Waals surface area contributed by atoms with Crippen LogP contribution in [-0.2, 0) is 7.05 Å². The van der Waals surface area contributed by atoms with E-state index in [9.17, 15) is 0 Å². The number of nitrogens with zero attached hydrogens (tertiary/aromatic N) is 2. The third kappa shape index (κ3) is 2.33. The lowest BCUT2D eigenvalue weighted by Crippen LogP contribution is -1.97. The summed E-state index contributed by atoms with van der Waals surface area (Å²) in [4.78, 5) is 0. The lowest BCUT2D eigenvalue weighted by Gasteiger charge is -2.11. The number of aryl methyl sites for hydroxylation is 1. The Labute approximate surface area is 99.5 Å². The molecule has 1 heterocycles. The minimum absolute atomic E-state index is 0.573. The topological polar surface area (TPSA) is 45.5 Å². The van der Waals surface area contributed by atoms with E-state index in [0.29, 0.717) is 23.1 Å². The third-order valence-electron chi connectivity index (χ3n) is 2.30. The molecule has 0 N–H and O–H groups in total. The van der Waals surface area contributed by atoms with Gasteiger partial charge in [0.2, 0.25) is 5.88 Å². The molecule has 0 aliphatic carbocycles. The van der Waals surface area contributed by atoms with Crippen molar-refractivity contribution in [1.29, 1.82) is 0 Å². The summed E-state index contributed by atoms with van der Waals surface area (Å²) < 4.78 is 17.6. The molecule has 17 heavy (non-hydrogen) atoms. The summed E-state index contributed by atoms with van der Waals surface area (Å²) in [7, 11) is 4.96. The predicted octanol–water partition coefficient (Wildman–Crippen LogP) is 2.03. The van der Waals surface area contributed by atoms with E-state index >= 15 is 0 Å². The lowest BCUT2D eigenvalue weighted by atomic mass is 10.3. The van der Waals surface area contributed by atoms with Gasteiger partial charge in [-0.05, 0) is 12.1 Å². The first-order valence-electron chi connectivity index (χ1n) is 5.04. The summed E-state index contributed by atoms with van der Waals surface area (Å²) in [5.41, 5.74) is 0. The fraction of sp³-hybridized carbons (Fsp3) is 0.250. The second-order valence-electron chi connectivity index (χ2n) is 3.35. The van der Waals surface area contributed by atoms with Gasteiger partial charge in [0.05, 0.1) is 14.2 Å². The number of aromatic nitrogens is 2. The first-order valence-corrected chi connectivity index (χ1v) is 5.04. The second-order valence-corrected chi connectivity index (χ2v) is 3.35. The number of benzene rings is 1. The zero-order chi connectivity index (χ0) is 12.3. The van der Waals surface area contributed by atoms with E-state index in [1.165, 1.54) is 0 Å². The van der Waals surface area contributed by atoms with Crippen LogP contribution >= 0.6 is 0 Å². The molecular formula is C12H13N2O3. The molecule has 0 aliphatic heterocycles. The van der Waals surface area contributed by atoms with E-state index < -0.39 is 0 Å². The summed E-state index contributed by atoms with van der Waals surface area (Å²) >= 11 is 0. The Balaban J connectivity index is 2.33. The van der Waals surface area contributed by atoms with Gasteiger partial charge in [-0.1, -0.05) is 0 Å². The standard InChI is InChI=1S/C12H13N2O3/c1-14-12(6-7-13-14)17-11-8-9(15-2)4-5-10(11)16-3/h4-6,8H,1-3H3. The molecule has 0 bridgehead atoms. The highest BCUT2D eigenvalue weighted by molar-refractivity contribution is 5.46. The van der Waals surface area contributed by atoms with Gasteiger partial charge in [-0.15, -0.1) is 0 Å². The maximum Gasteiger partial charge on any atom is 0.218 e. The average molecular weight is 233 g/mol. The van der Waals surface area contributed by atoms with E-state index in [0.717, 1.165) is 0 Å². The SMILES string of the molecule is COc1ccc(OC)c(Oc2c[c]nn2C)c1. The van der Waals surface area contributed by atoms with E-state index in [-0.39, 0.29) is 0 Å². The molecule has 5 nitrogen and oxygen atoms in total. The summed E-state index contributed by atoms with van der Waals surface area (Å²) in [6.07, 6.45) is 2.70. The maximum atomic E-state index is 5.68. The molecule has 0 spiro atoms. The molecule has 0 unspecified atom stereocenters. The number of hydrogen-bond donors (Lipinski definition) is 0. The first-order chi connectivity index (χ1) is 8.24. The van der Waals surface area contributed by atoms with E-state index in [1.54, 1.807) is 50.2 Å². The highest BCUT2D eigenvalue weighted by Gasteiger charge is 2.09. The summed E-state index contributed by atoms with van der Waals surface area (Å²) in [6, 6.07) is 7.00. The zero-order valence-electron chi connectivity index (χ0n) is 9.93. The van der Waals surface area contributed by atoms with Crippen LogP contribution in [0.3, 0.4) is 0 Å². The Morgan fingerprint density at radius 1 is 1.18 bits per heavy atom. The Hall–Kier alpha value is -2.17. The molecule has 0 aliphatic rings. The van der Waals surface area contributed by atoms with Gasteiger partial charge < -0.3 is 14.2 Å². The minimum atomic E-state index is 0.573. The summed E-state index contributed by atoms with van der Waals surface area (Å²) in [5.74, 6) is 2.49. The van der Waals surface area contributed by atoms with Gasteiger partial charge in [0.25, 0.3) is 0 Å². The maximum absolute atomic E-state index is 5.68. The van der Waals surface area contributed by atoms with Crippen LogP contribution in [0.2, 0.25) is 0 Å². The summed E-state index contributed by atoms with van der Waals surface area (Å²) in [5, 5.41) is 3.91. The number of ether oxygens (including phenoxy) is 3. The fourth-order valence-corrected chi connectivity index (χ4v) is 1.39. The van der Waals surface area contributed by atoms with Gasteiger partial charge in [0.15, 0.2) is 11.5 Å². The van der Waals surface area contributed by atoms with Crippen molar-refractivity contribution in [3.05, 3.63) is 30.5 Å². The summed E-state index contributed by atoms with van der Waals surface area (Å²) in [6.45, 7) is 0. The predicted molar refractivity (Wildman–Crippen MR) is 61.7 cm³/mol. The molecular weight excluding hydrogens is 220 g/mol. The van der Waals surface area contributed by atoms with Crippen LogP contribution in [0.1, 0.15) is 0 Å². The fourth-order valence-electron chi connectivity index (χ4n) is 1.39. The van der Waals surface area contributed by atoms with Crippen molar-refractivity contribution in [1.82, 2.24) is 9.78 Å². The van der Waals surface area contributed by atoms with Crippen molar-refractivity contribution < 1.29 is 14.2 Å². The molecule has 0 fully saturated rings. The van der Waals surface area contributed by atoms with Gasteiger partial charge in [-0.3, -0.25) is 0 Å². The Morgan fingerprint density at radius 2 is 2.00 bits per heavy atom. The van der Waals surface area contributed by atoms with Crippen molar-refractivity contribution >= 4 is 0 Å². The number of methoxy groups -OCH3 is 2. The molecule has 1 aromatic carbocycles. The van der Waals surface area contributed by atoms with Crippen LogP contribution in [-0.4, -0.2) is 24.0 Å². The van der Waals surface area contributed by atoms with Crippen LogP contribution in [0.15, 0.2) is 24.3 Å². The van der Waals surface area contributed by atoms with Gasteiger partial charge in [-0.2, -0.15) is 5.10 Å². The number of rotatable bonds is 4. The Kier molecular flexibility index (Phi) is 3.18. The zero-order valence-corrected chi connectivity index (χ0v) is 9.93. The van der Waals surface area contributed by atoms with Crippen molar-refractivity contribution in [3.63, 3.8) is 0 Å². The molecule has 0 saturated heterocycles. The Morgan fingerprint density at radius 3 is 2.59 bits per heavy atom. The van der Waals surface area contributed by atoms with E-state index in [2.05, 4.69) is 11.3 Å². The third-order valence-corrected chi connectivity index (χ3v) is 2.30. The molecule has 2 aromatic rings. The molecule has 1 aromatic heterocycles.